The molecular formula is C16H19NO5S. The highest BCUT2D eigenvalue weighted by Gasteiger charge is 2.23. The Bertz CT molecular complexity index is 654. The number of aromatic nitrogens is 1. The van der Waals surface area contributed by atoms with Crippen LogP contribution in [-0.4, -0.2) is 37.5 Å². The number of benzene rings is 1. The summed E-state index contributed by atoms with van der Waals surface area (Å²) in [5.74, 6) is 1.20. The van der Waals surface area contributed by atoms with E-state index in [1.165, 1.54) is 11.3 Å². The van der Waals surface area contributed by atoms with Crippen LogP contribution in [-0.2, 0) is 9.47 Å². The van der Waals surface area contributed by atoms with Gasteiger partial charge in [-0.2, -0.15) is 0 Å². The molecule has 1 aromatic carbocycles. The van der Waals surface area contributed by atoms with E-state index in [1.54, 1.807) is 38.6 Å². The minimum Gasteiger partial charge on any atom is -0.493 e. The van der Waals surface area contributed by atoms with Crippen LogP contribution in [0.2, 0.25) is 0 Å². The van der Waals surface area contributed by atoms with Crippen molar-refractivity contribution in [2.45, 2.75) is 18.8 Å². The van der Waals surface area contributed by atoms with Gasteiger partial charge in [0.2, 0.25) is 6.29 Å². The molecule has 6 nitrogen and oxygen atoms in total. The van der Waals surface area contributed by atoms with Crippen LogP contribution in [0.5, 0.6) is 11.5 Å². The number of thiazole rings is 1. The summed E-state index contributed by atoms with van der Waals surface area (Å²) < 4.78 is 21.6. The molecule has 2 aromatic rings. The molecule has 2 heterocycles. The van der Waals surface area contributed by atoms with Crippen molar-refractivity contribution in [2.24, 2.45) is 0 Å². The highest BCUT2D eigenvalue weighted by Crippen LogP contribution is 2.35. The Balaban J connectivity index is 1.80. The van der Waals surface area contributed by atoms with Crippen molar-refractivity contribution in [3.05, 3.63) is 39.8 Å². The Labute approximate surface area is 138 Å². The molecule has 1 aliphatic rings. The van der Waals surface area contributed by atoms with Gasteiger partial charge in [0, 0.05) is 6.20 Å². The number of methoxy groups -OCH3 is 2. The third kappa shape index (κ3) is 3.48. The Morgan fingerprint density at radius 3 is 2.65 bits per heavy atom. The van der Waals surface area contributed by atoms with E-state index < -0.39 is 12.4 Å². The molecule has 7 heteroatoms. The smallest absolute Gasteiger partial charge is 0.210 e. The fourth-order valence-corrected chi connectivity index (χ4v) is 3.29. The lowest BCUT2D eigenvalue weighted by molar-refractivity contribution is -0.183. The quantitative estimate of drug-likeness (QED) is 0.904. The molecule has 0 aliphatic carbocycles. The predicted molar refractivity (Wildman–Crippen MR) is 85.0 cm³/mol. The van der Waals surface area contributed by atoms with Gasteiger partial charge < -0.3 is 24.1 Å². The van der Waals surface area contributed by atoms with Crippen LogP contribution >= 0.6 is 11.3 Å². The van der Waals surface area contributed by atoms with Crippen molar-refractivity contribution < 1.29 is 24.1 Å². The van der Waals surface area contributed by atoms with Crippen molar-refractivity contribution in [1.82, 2.24) is 4.98 Å². The number of aliphatic hydroxyl groups is 1. The summed E-state index contributed by atoms with van der Waals surface area (Å²) in [6, 6.07) is 5.34. The number of rotatable bonds is 5. The van der Waals surface area contributed by atoms with Gasteiger partial charge in [-0.1, -0.05) is 6.07 Å². The maximum Gasteiger partial charge on any atom is 0.210 e. The van der Waals surface area contributed by atoms with Crippen LogP contribution in [0.15, 0.2) is 24.4 Å². The largest absolute Gasteiger partial charge is 0.493 e. The first-order chi connectivity index (χ1) is 11.2. The van der Waals surface area contributed by atoms with Gasteiger partial charge in [-0.05, 0) is 24.1 Å². The van der Waals surface area contributed by atoms with Crippen LogP contribution in [0, 0.1) is 0 Å². The maximum absolute atomic E-state index is 10.6. The van der Waals surface area contributed by atoms with Gasteiger partial charge in [0.25, 0.3) is 0 Å². The lowest BCUT2D eigenvalue weighted by atomic mass is 10.1. The topological polar surface area (TPSA) is 70.0 Å². The van der Waals surface area contributed by atoms with E-state index in [0.717, 1.165) is 16.3 Å². The fraction of sp³-hybridized carbons (Fsp3) is 0.438. The van der Waals surface area contributed by atoms with Crippen molar-refractivity contribution in [3.63, 3.8) is 0 Å². The molecule has 0 radical (unpaired) electrons. The van der Waals surface area contributed by atoms with Crippen LogP contribution in [0.1, 0.15) is 34.3 Å². The number of hydrogen-bond donors (Lipinski definition) is 1. The zero-order valence-corrected chi connectivity index (χ0v) is 13.8. The Kier molecular flexibility index (Phi) is 5.12. The molecule has 3 rings (SSSR count). The first kappa shape index (κ1) is 16.2. The Morgan fingerprint density at radius 2 is 1.96 bits per heavy atom. The number of nitrogens with zero attached hydrogens (tertiary/aromatic N) is 1. The highest BCUT2D eigenvalue weighted by atomic mass is 32.1. The van der Waals surface area contributed by atoms with Crippen molar-refractivity contribution in [2.75, 3.05) is 27.4 Å². The molecule has 1 atom stereocenters. The molecule has 1 aliphatic heterocycles. The zero-order chi connectivity index (χ0) is 16.2. The van der Waals surface area contributed by atoms with E-state index in [2.05, 4.69) is 4.98 Å². The third-order valence-corrected chi connectivity index (χ3v) is 4.63. The second kappa shape index (κ2) is 7.27. The van der Waals surface area contributed by atoms with Crippen molar-refractivity contribution >= 4 is 11.3 Å². The average molecular weight is 337 g/mol. The van der Waals surface area contributed by atoms with Crippen molar-refractivity contribution in [1.29, 1.82) is 0 Å². The third-order valence-electron chi connectivity index (χ3n) is 3.56. The van der Waals surface area contributed by atoms with Gasteiger partial charge in [0.15, 0.2) is 11.5 Å². The standard InChI is InChI=1S/C16H19NO5S/c1-19-11-5-4-10(8-12(11)20-2)14(18)13-9-17-15(23-13)16-21-6-3-7-22-16/h4-5,8-9,14,16,18H,3,6-7H2,1-2H3. The summed E-state index contributed by atoms with van der Waals surface area (Å²) in [7, 11) is 3.14. The fourth-order valence-electron chi connectivity index (χ4n) is 2.35. The maximum atomic E-state index is 10.6. The summed E-state index contributed by atoms with van der Waals surface area (Å²) in [6.07, 6.45) is 1.33. The summed E-state index contributed by atoms with van der Waals surface area (Å²) >= 11 is 1.38. The van der Waals surface area contributed by atoms with Crippen LogP contribution < -0.4 is 9.47 Å². The van der Waals surface area contributed by atoms with Crippen molar-refractivity contribution in [3.8, 4) is 11.5 Å². The summed E-state index contributed by atoms with van der Waals surface area (Å²) in [4.78, 5) is 5.04. The van der Waals surface area contributed by atoms with E-state index in [4.69, 9.17) is 18.9 Å². The first-order valence-corrected chi connectivity index (χ1v) is 8.13. The van der Waals surface area contributed by atoms with Gasteiger partial charge >= 0.3 is 0 Å². The monoisotopic (exact) mass is 337 g/mol. The molecule has 0 saturated carbocycles. The molecule has 1 aromatic heterocycles. The normalized spacial score (nSPS) is 17.0. The van der Waals surface area contributed by atoms with Gasteiger partial charge in [-0.15, -0.1) is 11.3 Å². The molecule has 0 spiro atoms. The summed E-state index contributed by atoms with van der Waals surface area (Å²) in [6.45, 7) is 1.33. The first-order valence-electron chi connectivity index (χ1n) is 7.31. The van der Waals surface area contributed by atoms with E-state index >= 15 is 0 Å². The molecule has 1 N–H and O–H groups in total. The highest BCUT2D eigenvalue weighted by molar-refractivity contribution is 7.11. The molecule has 1 unspecified atom stereocenters. The zero-order valence-electron chi connectivity index (χ0n) is 13.0. The second-order valence-electron chi connectivity index (χ2n) is 5.04. The Morgan fingerprint density at radius 1 is 1.22 bits per heavy atom. The van der Waals surface area contributed by atoms with Gasteiger partial charge in [0.05, 0.1) is 32.3 Å². The summed E-state index contributed by atoms with van der Waals surface area (Å²) in [5.41, 5.74) is 0.711. The van der Waals surface area contributed by atoms with Gasteiger partial charge in [-0.25, -0.2) is 4.98 Å². The average Bonchev–Trinajstić information content (AvgIpc) is 3.11. The van der Waals surface area contributed by atoms with E-state index in [-0.39, 0.29) is 0 Å². The summed E-state index contributed by atoms with van der Waals surface area (Å²) in [5, 5.41) is 11.3. The van der Waals surface area contributed by atoms with Crippen LogP contribution in [0.4, 0.5) is 0 Å². The SMILES string of the molecule is COc1ccc(C(O)c2cnc(C3OCCCO3)s2)cc1OC. The van der Waals surface area contributed by atoms with Crippen LogP contribution in [0.25, 0.3) is 0 Å². The van der Waals surface area contributed by atoms with Gasteiger partial charge in [0.1, 0.15) is 11.1 Å². The van der Waals surface area contributed by atoms with E-state index in [1.807, 2.05) is 0 Å². The number of hydrogen-bond acceptors (Lipinski definition) is 7. The molecule has 1 saturated heterocycles. The molecule has 23 heavy (non-hydrogen) atoms. The lowest BCUT2D eigenvalue weighted by Gasteiger charge is -2.21. The van der Waals surface area contributed by atoms with E-state index in [0.29, 0.717) is 30.3 Å². The predicted octanol–water partition coefficient (Wildman–Crippen LogP) is 2.68. The van der Waals surface area contributed by atoms with Crippen LogP contribution in [0.3, 0.4) is 0 Å². The minimum atomic E-state index is -0.787. The number of ether oxygens (including phenoxy) is 4. The van der Waals surface area contributed by atoms with E-state index in [9.17, 15) is 5.11 Å². The molecule has 124 valence electrons. The molecular weight excluding hydrogens is 318 g/mol. The van der Waals surface area contributed by atoms with Gasteiger partial charge in [-0.3, -0.25) is 0 Å². The second-order valence-corrected chi connectivity index (χ2v) is 6.14. The molecule has 0 amide bonds. The number of aliphatic hydroxyl groups excluding tert-OH is 1. The lowest BCUT2D eigenvalue weighted by Crippen LogP contribution is -2.17. The Hall–Kier alpha value is -1.67. The molecule has 0 bridgehead atoms. The minimum absolute atomic E-state index is 0.430. The molecule has 1 fully saturated rings.